The van der Waals surface area contributed by atoms with E-state index in [0.29, 0.717) is 0 Å². The van der Waals surface area contributed by atoms with E-state index < -0.39 is 0 Å². The fourth-order valence-corrected chi connectivity index (χ4v) is 4.82. The summed E-state index contributed by atoms with van der Waals surface area (Å²) < 4.78 is 3.41. The molecule has 4 heteroatoms. The number of fused-ring (bicyclic) bond motifs is 1. The molecule has 1 unspecified atom stereocenters. The fourth-order valence-electron chi connectivity index (χ4n) is 2.22. The molecule has 0 radical (unpaired) electrons. The van der Waals surface area contributed by atoms with E-state index in [1.54, 1.807) is 11.3 Å². The summed E-state index contributed by atoms with van der Waals surface area (Å²) in [6, 6.07) is 12.6. The van der Waals surface area contributed by atoms with E-state index in [-0.39, 0.29) is 5.38 Å². The average Bonchev–Trinajstić information content (AvgIpc) is 2.86. The van der Waals surface area contributed by atoms with Crippen molar-refractivity contribution < 1.29 is 0 Å². The molecule has 0 fully saturated rings. The molecule has 102 valence electrons. The van der Waals surface area contributed by atoms with Gasteiger partial charge in [-0.25, -0.2) is 0 Å². The molecule has 0 nitrogen and oxygen atoms in total. The Morgan fingerprint density at radius 3 is 2.60 bits per heavy atom. The predicted octanol–water partition coefficient (Wildman–Crippen LogP) is 7.06. The molecule has 20 heavy (non-hydrogen) atoms. The van der Waals surface area contributed by atoms with Crippen molar-refractivity contribution in [2.75, 3.05) is 0 Å². The van der Waals surface area contributed by atoms with Gasteiger partial charge in [-0.05, 0) is 52.6 Å². The summed E-state index contributed by atoms with van der Waals surface area (Å²) in [6.45, 7) is 2.07. The molecule has 3 aromatic rings. The first kappa shape index (κ1) is 14.6. The van der Waals surface area contributed by atoms with E-state index in [1.165, 1.54) is 21.2 Å². The molecule has 0 saturated heterocycles. The van der Waals surface area contributed by atoms with Crippen LogP contribution in [-0.4, -0.2) is 0 Å². The molecule has 0 aliphatic carbocycles. The van der Waals surface area contributed by atoms with Gasteiger partial charge in [-0.3, -0.25) is 0 Å². The standard InChI is InChI=1S/C16H11Br2ClS/c1-9-6-14(18)11(7-13(9)17)16(19)12-8-20-15-5-3-2-4-10(12)15/h2-8,16H,1H3. The SMILES string of the molecule is Cc1cc(Br)c(C(Cl)c2csc3ccccc23)cc1Br. The maximum absolute atomic E-state index is 6.74. The third-order valence-electron chi connectivity index (χ3n) is 3.33. The summed E-state index contributed by atoms with van der Waals surface area (Å²) in [5.74, 6) is 0. The highest BCUT2D eigenvalue weighted by Crippen LogP contribution is 2.41. The van der Waals surface area contributed by atoms with Gasteiger partial charge in [-0.15, -0.1) is 22.9 Å². The number of halogens is 3. The molecule has 0 aliphatic heterocycles. The highest BCUT2D eigenvalue weighted by molar-refractivity contribution is 9.11. The zero-order valence-corrected chi connectivity index (χ0v) is 15.4. The number of hydrogen-bond acceptors (Lipinski definition) is 1. The molecule has 0 bridgehead atoms. The van der Waals surface area contributed by atoms with Crippen LogP contribution in [-0.2, 0) is 0 Å². The predicted molar refractivity (Wildman–Crippen MR) is 96.1 cm³/mol. The van der Waals surface area contributed by atoms with Crippen molar-refractivity contribution in [1.82, 2.24) is 0 Å². The molecule has 3 rings (SSSR count). The van der Waals surface area contributed by atoms with Crippen LogP contribution in [0.2, 0.25) is 0 Å². The molecule has 0 saturated carbocycles. The number of benzene rings is 2. The summed E-state index contributed by atoms with van der Waals surface area (Å²) in [4.78, 5) is 0. The van der Waals surface area contributed by atoms with Crippen molar-refractivity contribution in [2.45, 2.75) is 12.3 Å². The number of thiophene rings is 1. The Balaban J connectivity index is 2.13. The van der Waals surface area contributed by atoms with E-state index in [2.05, 4.69) is 80.6 Å². The van der Waals surface area contributed by atoms with Crippen molar-refractivity contribution in [3.05, 3.63) is 67.4 Å². The Kier molecular flexibility index (Phi) is 4.23. The lowest BCUT2D eigenvalue weighted by molar-refractivity contribution is 1.14. The summed E-state index contributed by atoms with van der Waals surface area (Å²) in [5.41, 5.74) is 3.45. The first-order chi connectivity index (χ1) is 9.58. The first-order valence-electron chi connectivity index (χ1n) is 6.13. The molecule has 0 N–H and O–H groups in total. The van der Waals surface area contributed by atoms with Crippen molar-refractivity contribution in [3.63, 3.8) is 0 Å². The Morgan fingerprint density at radius 1 is 1.05 bits per heavy atom. The fraction of sp³-hybridized carbons (Fsp3) is 0.125. The normalized spacial score (nSPS) is 12.8. The van der Waals surface area contributed by atoms with Crippen LogP contribution in [0.15, 0.2) is 50.7 Å². The van der Waals surface area contributed by atoms with E-state index in [0.717, 1.165) is 14.5 Å². The van der Waals surface area contributed by atoms with Crippen LogP contribution in [0.5, 0.6) is 0 Å². The van der Waals surface area contributed by atoms with E-state index in [4.69, 9.17) is 11.6 Å². The maximum atomic E-state index is 6.74. The summed E-state index contributed by atoms with van der Waals surface area (Å²) in [6.07, 6.45) is 0. The molecular formula is C16H11Br2ClS. The second-order valence-corrected chi connectivity index (χ2v) is 7.73. The number of hydrogen-bond donors (Lipinski definition) is 0. The quantitative estimate of drug-likeness (QED) is 0.382. The summed E-state index contributed by atoms with van der Waals surface area (Å²) in [5, 5.41) is 3.24. The molecule has 1 aromatic heterocycles. The van der Waals surface area contributed by atoms with Crippen molar-refractivity contribution >= 4 is 64.9 Å². The van der Waals surface area contributed by atoms with E-state index in [9.17, 15) is 0 Å². The van der Waals surface area contributed by atoms with Crippen LogP contribution in [0.25, 0.3) is 10.1 Å². The number of rotatable bonds is 2. The minimum Gasteiger partial charge on any atom is -0.143 e. The lowest BCUT2D eigenvalue weighted by Crippen LogP contribution is -1.95. The molecule has 0 aliphatic rings. The minimum absolute atomic E-state index is 0.155. The van der Waals surface area contributed by atoms with Gasteiger partial charge in [0, 0.05) is 13.6 Å². The van der Waals surface area contributed by atoms with Gasteiger partial charge in [0.05, 0.1) is 5.38 Å². The third-order valence-corrected chi connectivity index (χ3v) is 6.33. The molecule has 1 atom stereocenters. The van der Waals surface area contributed by atoms with Gasteiger partial charge in [0.15, 0.2) is 0 Å². The van der Waals surface area contributed by atoms with Crippen LogP contribution in [0.3, 0.4) is 0 Å². The summed E-state index contributed by atoms with van der Waals surface area (Å²) >= 11 is 15.7. The monoisotopic (exact) mass is 428 g/mol. The zero-order valence-electron chi connectivity index (χ0n) is 10.7. The van der Waals surface area contributed by atoms with Gasteiger partial charge in [-0.1, -0.05) is 50.1 Å². The minimum atomic E-state index is -0.155. The number of aryl methyl sites for hydroxylation is 1. The van der Waals surface area contributed by atoms with Gasteiger partial charge >= 0.3 is 0 Å². The Morgan fingerprint density at radius 2 is 1.80 bits per heavy atom. The maximum Gasteiger partial charge on any atom is 0.0860 e. The highest BCUT2D eigenvalue weighted by Gasteiger charge is 2.18. The smallest absolute Gasteiger partial charge is 0.0860 e. The van der Waals surface area contributed by atoms with Gasteiger partial charge in [0.1, 0.15) is 0 Å². The number of alkyl halides is 1. The zero-order chi connectivity index (χ0) is 14.3. The van der Waals surface area contributed by atoms with Crippen LogP contribution >= 0.6 is 54.8 Å². The first-order valence-corrected chi connectivity index (χ1v) is 9.04. The van der Waals surface area contributed by atoms with Crippen LogP contribution in [0, 0.1) is 6.92 Å². The molecule has 1 heterocycles. The van der Waals surface area contributed by atoms with Crippen molar-refractivity contribution in [1.29, 1.82) is 0 Å². The van der Waals surface area contributed by atoms with Crippen LogP contribution < -0.4 is 0 Å². The molecule has 2 aromatic carbocycles. The Hall–Kier alpha value is -0.350. The molecule has 0 spiro atoms. The van der Waals surface area contributed by atoms with Crippen LogP contribution in [0.1, 0.15) is 22.1 Å². The topological polar surface area (TPSA) is 0 Å². The second-order valence-electron chi connectivity index (χ2n) is 4.67. The lowest BCUT2D eigenvalue weighted by Gasteiger charge is -2.13. The molecule has 0 amide bonds. The Labute approximate surface area is 144 Å². The van der Waals surface area contributed by atoms with Gasteiger partial charge in [-0.2, -0.15) is 0 Å². The summed E-state index contributed by atoms with van der Waals surface area (Å²) in [7, 11) is 0. The molecular weight excluding hydrogens is 420 g/mol. The largest absolute Gasteiger partial charge is 0.143 e. The van der Waals surface area contributed by atoms with E-state index in [1.807, 2.05) is 0 Å². The third kappa shape index (κ3) is 2.57. The van der Waals surface area contributed by atoms with Crippen molar-refractivity contribution in [3.8, 4) is 0 Å². The lowest BCUT2D eigenvalue weighted by atomic mass is 10.0. The van der Waals surface area contributed by atoms with Crippen LogP contribution in [0.4, 0.5) is 0 Å². The Bertz CT molecular complexity index is 779. The average molecular weight is 431 g/mol. The van der Waals surface area contributed by atoms with Gasteiger partial charge < -0.3 is 0 Å². The van der Waals surface area contributed by atoms with E-state index >= 15 is 0 Å². The second kappa shape index (κ2) is 5.80. The van der Waals surface area contributed by atoms with Gasteiger partial charge in [0.25, 0.3) is 0 Å². The van der Waals surface area contributed by atoms with Crippen molar-refractivity contribution in [2.24, 2.45) is 0 Å². The highest BCUT2D eigenvalue weighted by atomic mass is 79.9. The van der Waals surface area contributed by atoms with Gasteiger partial charge in [0.2, 0.25) is 0 Å².